The number of aromatic nitrogens is 2. The lowest BCUT2D eigenvalue weighted by molar-refractivity contribution is 0.0420. The quantitative estimate of drug-likeness (QED) is 0.373. The largest absolute Gasteiger partial charge is 0.379 e. The molecule has 1 unspecified atom stereocenters. The van der Waals surface area contributed by atoms with Crippen molar-refractivity contribution in [2.45, 2.75) is 39.0 Å². The predicted molar refractivity (Wildman–Crippen MR) is 110 cm³/mol. The van der Waals surface area contributed by atoms with Gasteiger partial charge in [-0.15, -0.1) is 0 Å². The third-order valence-corrected chi connectivity index (χ3v) is 4.53. The number of imidazole rings is 1. The zero-order valence-electron chi connectivity index (χ0n) is 16.6. The van der Waals surface area contributed by atoms with Crippen molar-refractivity contribution < 1.29 is 9.47 Å². The van der Waals surface area contributed by atoms with E-state index in [9.17, 15) is 0 Å². The smallest absolute Gasteiger partial charge is 0.191 e. The molecule has 7 heteroatoms. The maximum atomic E-state index is 5.80. The van der Waals surface area contributed by atoms with Gasteiger partial charge in [-0.25, -0.2) is 9.98 Å². The molecule has 2 aromatic rings. The van der Waals surface area contributed by atoms with Crippen LogP contribution in [0.15, 0.2) is 48.0 Å². The Hall–Kier alpha value is -2.38. The van der Waals surface area contributed by atoms with Crippen LogP contribution in [-0.2, 0) is 22.6 Å². The Kier molecular flexibility index (Phi) is 8.33. The van der Waals surface area contributed by atoms with Crippen LogP contribution in [0.5, 0.6) is 0 Å². The van der Waals surface area contributed by atoms with Crippen LogP contribution in [0.2, 0.25) is 0 Å². The van der Waals surface area contributed by atoms with Gasteiger partial charge in [-0.3, -0.25) is 0 Å². The van der Waals surface area contributed by atoms with Crippen molar-refractivity contribution in [2.24, 2.45) is 4.99 Å². The maximum absolute atomic E-state index is 5.80. The van der Waals surface area contributed by atoms with E-state index in [1.165, 1.54) is 11.1 Å². The SMILES string of the molecule is CCNC(=NCc1cccc(Cn2ccnc2)c1)NCCCOC1CCOC1. The molecule has 0 aliphatic carbocycles. The van der Waals surface area contributed by atoms with E-state index in [0.717, 1.165) is 58.3 Å². The van der Waals surface area contributed by atoms with E-state index in [1.54, 1.807) is 6.20 Å². The highest BCUT2D eigenvalue weighted by Crippen LogP contribution is 2.09. The standard InChI is InChI=1S/C21H31N5O2/c1-2-23-21(24-8-4-11-28-20-7-12-27-16-20)25-14-18-5-3-6-19(13-18)15-26-10-9-22-17-26/h3,5-6,9-10,13,17,20H,2,4,7-8,11-12,14-16H2,1H3,(H2,23,24,25). The summed E-state index contributed by atoms with van der Waals surface area (Å²) in [5, 5.41) is 6.68. The average Bonchev–Trinajstić information content (AvgIpc) is 3.40. The molecule has 3 rings (SSSR count). The first-order valence-corrected chi connectivity index (χ1v) is 10.1. The summed E-state index contributed by atoms with van der Waals surface area (Å²) < 4.78 is 13.2. The van der Waals surface area contributed by atoms with Gasteiger partial charge >= 0.3 is 0 Å². The third-order valence-electron chi connectivity index (χ3n) is 4.53. The molecule has 1 saturated heterocycles. The molecule has 28 heavy (non-hydrogen) atoms. The Morgan fingerprint density at radius 3 is 3.07 bits per heavy atom. The van der Waals surface area contributed by atoms with Crippen LogP contribution < -0.4 is 10.6 Å². The molecule has 1 aliphatic rings. The molecule has 1 fully saturated rings. The van der Waals surface area contributed by atoms with Crippen LogP contribution in [0, 0.1) is 0 Å². The van der Waals surface area contributed by atoms with Crippen molar-refractivity contribution in [2.75, 3.05) is 32.9 Å². The third kappa shape index (κ3) is 6.98. The van der Waals surface area contributed by atoms with E-state index in [1.807, 2.05) is 12.5 Å². The number of benzene rings is 1. The van der Waals surface area contributed by atoms with Crippen molar-refractivity contribution >= 4 is 5.96 Å². The first-order valence-electron chi connectivity index (χ1n) is 10.1. The zero-order chi connectivity index (χ0) is 19.4. The Bertz CT molecular complexity index is 711. The Labute approximate surface area is 167 Å². The van der Waals surface area contributed by atoms with E-state index in [0.29, 0.717) is 6.54 Å². The molecule has 0 bridgehead atoms. The molecule has 1 aliphatic heterocycles. The summed E-state index contributed by atoms with van der Waals surface area (Å²) in [5.41, 5.74) is 2.44. The van der Waals surface area contributed by atoms with Crippen LogP contribution in [0.25, 0.3) is 0 Å². The van der Waals surface area contributed by atoms with Crippen LogP contribution in [0.3, 0.4) is 0 Å². The maximum Gasteiger partial charge on any atom is 0.191 e. The second kappa shape index (κ2) is 11.5. The van der Waals surface area contributed by atoms with Gasteiger partial charge in [-0.1, -0.05) is 24.3 Å². The molecule has 152 valence electrons. The summed E-state index contributed by atoms with van der Waals surface area (Å²) in [6, 6.07) is 8.53. The van der Waals surface area contributed by atoms with E-state index >= 15 is 0 Å². The normalized spacial score (nSPS) is 17.0. The summed E-state index contributed by atoms with van der Waals surface area (Å²) in [4.78, 5) is 8.81. The Morgan fingerprint density at radius 2 is 2.29 bits per heavy atom. The molecular formula is C21H31N5O2. The summed E-state index contributed by atoms with van der Waals surface area (Å²) in [7, 11) is 0. The van der Waals surface area contributed by atoms with Gasteiger partial charge in [0, 0.05) is 45.2 Å². The Morgan fingerprint density at radius 1 is 1.36 bits per heavy atom. The van der Waals surface area contributed by atoms with Gasteiger partial charge in [-0.2, -0.15) is 0 Å². The van der Waals surface area contributed by atoms with Crippen molar-refractivity contribution in [3.63, 3.8) is 0 Å². The van der Waals surface area contributed by atoms with Crippen LogP contribution in [0.1, 0.15) is 30.9 Å². The number of aliphatic imine (C=N–C) groups is 1. The van der Waals surface area contributed by atoms with Crippen molar-refractivity contribution in [1.82, 2.24) is 20.2 Å². The lowest BCUT2D eigenvalue weighted by Crippen LogP contribution is -2.38. The molecular weight excluding hydrogens is 354 g/mol. The first kappa shape index (κ1) is 20.4. The number of guanidine groups is 1. The summed E-state index contributed by atoms with van der Waals surface area (Å²) in [6.07, 6.45) is 7.84. The number of rotatable bonds is 10. The molecule has 1 aromatic heterocycles. The zero-order valence-corrected chi connectivity index (χ0v) is 16.6. The highest BCUT2D eigenvalue weighted by atomic mass is 16.5. The topological polar surface area (TPSA) is 72.7 Å². The van der Waals surface area contributed by atoms with Crippen molar-refractivity contribution in [3.05, 3.63) is 54.1 Å². The molecule has 2 heterocycles. The molecule has 0 spiro atoms. The van der Waals surface area contributed by atoms with Gasteiger partial charge in [0.15, 0.2) is 5.96 Å². The van der Waals surface area contributed by atoms with E-state index < -0.39 is 0 Å². The van der Waals surface area contributed by atoms with Gasteiger partial charge in [0.25, 0.3) is 0 Å². The fourth-order valence-electron chi connectivity index (χ4n) is 3.10. The lowest BCUT2D eigenvalue weighted by Gasteiger charge is -2.13. The van der Waals surface area contributed by atoms with Crippen molar-refractivity contribution in [3.8, 4) is 0 Å². The van der Waals surface area contributed by atoms with E-state index in [4.69, 9.17) is 14.5 Å². The van der Waals surface area contributed by atoms with Crippen LogP contribution in [-0.4, -0.2) is 54.5 Å². The summed E-state index contributed by atoms with van der Waals surface area (Å²) in [5.74, 6) is 0.840. The van der Waals surface area contributed by atoms with Gasteiger partial charge in [-0.05, 0) is 30.9 Å². The number of ether oxygens (including phenoxy) is 2. The van der Waals surface area contributed by atoms with Crippen LogP contribution in [0.4, 0.5) is 0 Å². The lowest BCUT2D eigenvalue weighted by atomic mass is 10.1. The Balaban J connectivity index is 1.43. The van der Waals surface area contributed by atoms with Gasteiger partial charge < -0.3 is 24.7 Å². The summed E-state index contributed by atoms with van der Waals surface area (Å²) in [6.45, 7) is 7.51. The second-order valence-electron chi connectivity index (χ2n) is 6.89. The van der Waals surface area contributed by atoms with Crippen LogP contribution >= 0.6 is 0 Å². The molecule has 1 atom stereocenters. The average molecular weight is 386 g/mol. The van der Waals surface area contributed by atoms with Gasteiger partial charge in [0.1, 0.15) is 0 Å². The van der Waals surface area contributed by atoms with Gasteiger partial charge in [0.2, 0.25) is 0 Å². The molecule has 2 N–H and O–H groups in total. The minimum Gasteiger partial charge on any atom is -0.379 e. The summed E-state index contributed by atoms with van der Waals surface area (Å²) >= 11 is 0. The highest BCUT2D eigenvalue weighted by molar-refractivity contribution is 5.79. The first-order chi connectivity index (χ1) is 13.8. The molecule has 1 aromatic carbocycles. The van der Waals surface area contributed by atoms with Gasteiger partial charge in [0.05, 0.1) is 25.6 Å². The monoisotopic (exact) mass is 385 g/mol. The minimum atomic E-state index is 0.275. The van der Waals surface area contributed by atoms with Crippen molar-refractivity contribution in [1.29, 1.82) is 0 Å². The van der Waals surface area contributed by atoms with E-state index in [-0.39, 0.29) is 6.10 Å². The number of nitrogens with one attached hydrogen (secondary N) is 2. The number of hydrogen-bond acceptors (Lipinski definition) is 4. The minimum absolute atomic E-state index is 0.275. The molecule has 0 amide bonds. The highest BCUT2D eigenvalue weighted by Gasteiger charge is 2.15. The number of hydrogen-bond donors (Lipinski definition) is 2. The van der Waals surface area contributed by atoms with E-state index in [2.05, 4.69) is 51.4 Å². The molecule has 0 radical (unpaired) electrons. The molecule has 7 nitrogen and oxygen atoms in total. The number of nitrogens with zero attached hydrogens (tertiary/aromatic N) is 3. The fraction of sp³-hybridized carbons (Fsp3) is 0.524. The second-order valence-corrected chi connectivity index (χ2v) is 6.89. The predicted octanol–water partition coefficient (Wildman–Crippen LogP) is 2.18. The fourth-order valence-corrected chi connectivity index (χ4v) is 3.10. The molecule has 0 saturated carbocycles.